The quantitative estimate of drug-likeness (QED) is 0.610. The van der Waals surface area contributed by atoms with Crippen LogP contribution in [0.2, 0.25) is 0 Å². The lowest BCUT2D eigenvalue weighted by atomic mass is 10.1. The number of allylic oxidation sites excluding steroid dienone is 1. The summed E-state index contributed by atoms with van der Waals surface area (Å²) >= 11 is 0. The topological polar surface area (TPSA) is 58.0 Å². The van der Waals surface area contributed by atoms with Crippen LogP contribution < -0.4 is 15.5 Å². The van der Waals surface area contributed by atoms with Gasteiger partial charge >= 0.3 is 0 Å². The normalized spacial score (nSPS) is 17.4. The Morgan fingerprint density at radius 1 is 1.13 bits per heavy atom. The Morgan fingerprint density at radius 2 is 1.84 bits per heavy atom. The van der Waals surface area contributed by atoms with E-state index in [9.17, 15) is 0 Å². The van der Waals surface area contributed by atoms with Gasteiger partial charge in [-0.3, -0.25) is 0 Å². The second-order valence-electron chi connectivity index (χ2n) is 8.90. The van der Waals surface area contributed by atoms with Crippen molar-refractivity contribution < 1.29 is 0 Å². The molecule has 2 aromatic heterocycles. The highest BCUT2D eigenvalue weighted by Gasteiger charge is 2.25. The van der Waals surface area contributed by atoms with Crippen molar-refractivity contribution in [3.05, 3.63) is 48.3 Å². The molecule has 3 heterocycles. The Labute approximate surface area is 184 Å². The number of benzene rings is 1. The number of nitrogens with zero attached hydrogens (tertiary/aromatic N) is 4. The van der Waals surface area contributed by atoms with E-state index in [2.05, 4.69) is 69.8 Å². The molecule has 2 N–H and O–H groups in total. The van der Waals surface area contributed by atoms with Gasteiger partial charge in [0.2, 0.25) is 5.95 Å². The summed E-state index contributed by atoms with van der Waals surface area (Å²) in [6.07, 6.45) is 6.96. The third kappa shape index (κ3) is 3.81. The predicted octanol–water partition coefficient (Wildman–Crippen LogP) is 5.04. The molecular formula is C25H32N6. The molecule has 3 aromatic rings. The van der Waals surface area contributed by atoms with E-state index in [0.29, 0.717) is 12.0 Å². The van der Waals surface area contributed by atoms with E-state index >= 15 is 0 Å². The van der Waals surface area contributed by atoms with E-state index in [1.54, 1.807) is 0 Å². The average Bonchev–Trinajstić information content (AvgIpc) is 3.41. The SMILES string of the molecule is C=C(C)c1c(C)c2cnc(Nc3ccc(N4CCNCC4)cc3)nc2n1C1CCCC1. The van der Waals surface area contributed by atoms with Crippen LogP contribution in [0, 0.1) is 6.92 Å². The smallest absolute Gasteiger partial charge is 0.229 e. The number of hydrogen-bond donors (Lipinski definition) is 2. The number of nitrogens with one attached hydrogen (secondary N) is 2. The minimum atomic E-state index is 0.504. The largest absolute Gasteiger partial charge is 0.369 e. The molecule has 0 amide bonds. The van der Waals surface area contributed by atoms with Gasteiger partial charge in [0.25, 0.3) is 0 Å². The van der Waals surface area contributed by atoms with Crippen LogP contribution in [0.1, 0.15) is 49.9 Å². The molecule has 2 fully saturated rings. The second-order valence-corrected chi connectivity index (χ2v) is 8.90. The van der Waals surface area contributed by atoms with Gasteiger partial charge < -0.3 is 20.1 Å². The summed E-state index contributed by atoms with van der Waals surface area (Å²) < 4.78 is 2.43. The number of piperazine rings is 1. The van der Waals surface area contributed by atoms with Gasteiger partial charge in [-0.15, -0.1) is 0 Å². The minimum absolute atomic E-state index is 0.504. The molecule has 0 bridgehead atoms. The predicted molar refractivity (Wildman–Crippen MR) is 129 cm³/mol. The molecule has 6 heteroatoms. The van der Waals surface area contributed by atoms with Crippen molar-refractivity contribution >= 4 is 33.9 Å². The monoisotopic (exact) mass is 416 g/mol. The van der Waals surface area contributed by atoms with Crippen molar-refractivity contribution in [3.63, 3.8) is 0 Å². The molecule has 31 heavy (non-hydrogen) atoms. The molecule has 0 radical (unpaired) electrons. The first-order valence-corrected chi connectivity index (χ1v) is 11.5. The fourth-order valence-corrected chi connectivity index (χ4v) is 5.15. The zero-order valence-corrected chi connectivity index (χ0v) is 18.6. The summed E-state index contributed by atoms with van der Waals surface area (Å²) in [7, 11) is 0. The van der Waals surface area contributed by atoms with Crippen LogP contribution in [0.5, 0.6) is 0 Å². The van der Waals surface area contributed by atoms with E-state index in [0.717, 1.165) is 48.5 Å². The van der Waals surface area contributed by atoms with Crippen LogP contribution >= 0.6 is 0 Å². The number of hydrogen-bond acceptors (Lipinski definition) is 5. The van der Waals surface area contributed by atoms with Crippen molar-refractivity contribution in [2.75, 3.05) is 36.4 Å². The third-order valence-corrected chi connectivity index (χ3v) is 6.70. The maximum Gasteiger partial charge on any atom is 0.229 e. The van der Waals surface area contributed by atoms with Crippen molar-refractivity contribution in [2.45, 2.75) is 45.6 Å². The molecule has 5 rings (SSSR count). The number of aromatic nitrogens is 3. The van der Waals surface area contributed by atoms with Gasteiger partial charge in [0.05, 0.1) is 0 Å². The van der Waals surface area contributed by atoms with Gasteiger partial charge in [-0.05, 0) is 62.1 Å². The number of anilines is 3. The van der Waals surface area contributed by atoms with Gasteiger partial charge in [-0.1, -0.05) is 19.4 Å². The molecule has 1 aliphatic carbocycles. The molecule has 1 aromatic carbocycles. The van der Waals surface area contributed by atoms with E-state index < -0.39 is 0 Å². The van der Waals surface area contributed by atoms with Crippen molar-refractivity contribution in [1.29, 1.82) is 0 Å². The van der Waals surface area contributed by atoms with E-state index in [4.69, 9.17) is 4.98 Å². The summed E-state index contributed by atoms with van der Waals surface area (Å²) in [6, 6.07) is 9.09. The van der Waals surface area contributed by atoms with E-state index in [-0.39, 0.29) is 0 Å². The molecule has 6 nitrogen and oxygen atoms in total. The molecule has 2 aliphatic rings. The maximum atomic E-state index is 4.97. The number of rotatable bonds is 5. The zero-order valence-electron chi connectivity index (χ0n) is 18.6. The summed E-state index contributed by atoms with van der Waals surface area (Å²) in [5, 5.41) is 7.94. The van der Waals surface area contributed by atoms with Gasteiger partial charge in [-0.2, -0.15) is 4.98 Å². The fraction of sp³-hybridized carbons (Fsp3) is 0.440. The van der Waals surface area contributed by atoms with Crippen molar-refractivity contribution in [2.24, 2.45) is 0 Å². The standard InChI is InChI=1S/C25H32N6/c1-17(2)23-18(3)22-16-27-25(29-24(22)31(23)21-6-4-5-7-21)28-19-8-10-20(11-9-19)30-14-12-26-13-15-30/h8-11,16,21,26H,1,4-7,12-15H2,2-3H3,(H,27,28,29). The Bertz CT molecular complexity index is 1090. The van der Waals surface area contributed by atoms with Crippen molar-refractivity contribution in [1.82, 2.24) is 19.9 Å². The van der Waals surface area contributed by atoms with Gasteiger partial charge in [0.1, 0.15) is 5.65 Å². The van der Waals surface area contributed by atoms with Crippen LogP contribution in [0.15, 0.2) is 37.0 Å². The van der Waals surface area contributed by atoms with Crippen molar-refractivity contribution in [3.8, 4) is 0 Å². The molecule has 0 spiro atoms. The average molecular weight is 417 g/mol. The molecular weight excluding hydrogens is 384 g/mol. The Kier molecular flexibility index (Phi) is 5.40. The highest BCUT2D eigenvalue weighted by atomic mass is 15.2. The minimum Gasteiger partial charge on any atom is -0.369 e. The lowest BCUT2D eigenvalue weighted by Crippen LogP contribution is -2.43. The zero-order chi connectivity index (χ0) is 21.4. The Hall–Kier alpha value is -2.86. The van der Waals surface area contributed by atoms with Gasteiger partial charge in [0.15, 0.2) is 0 Å². The number of fused-ring (bicyclic) bond motifs is 1. The molecule has 1 saturated carbocycles. The Balaban J connectivity index is 1.45. The summed E-state index contributed by atoms with van der Waals surface area (Å²) in [5.41, 5.74) is 6.86. The van der Waals surface area contributed by atoms with Gasteiger partial charge in [-0.25, -0.2) is 4.98 Å². The molecule has 0 atom stereocenters. The van der Waals surface area contributed by atoms with Gasteiger partial charge in [0, 0.05) is 60.9 Å². The van der Waals surface area contributed by atoms with Crippen LogP contribution in [-0.4, -0.2) is 40.7 Å². The first-order chi connectivity index (χ1) is 15.1. The molecule has 0 unspecified atom stereocenters. The lowest BCUT2D eigenvalue weighted by molar-refractivity contribution is 0.527. The molecule has 1 saturated heterocycles. The second kappa shape index (κ2) is 8.35. The molecule has 1 aliphatic heterocycles. The summed E-state index contributed by atoms with van der Waals surface area (Å²) in [5.74, 6) is 0.646. The highest BCUT2D eigenvalue weighted by Crippen LogP contribution is 2.38. The Morgan fingerprint density at radius 3 is 2.52 bits per heavy atom. The number of aryl methyl sites for hydroxylation is 1. The van der Waals surface area contributed by atoms with Crippen LogP contribution in [0.25, 0.3) is 16.6 Å². The summed E-state index contributed by atoms with van der Waals surface area (Å²) in [6.45, 7) is 12.7. The molecule has 162 valence electrons. The van der Waals surface area contributed by atoms with Crippen LogP contribution in [0.4, 0.5) is 17.3 Å². The van der Waals surface area contributed by atoms with Crippen LogP contribution in [-0.2, 0) is 0 Å². The third-order valence-electron chi connectivity index (χ3n) is 6.70. The fourth-order valence-electron chi connectivity index (χ4n) is 5.15. The maximum absolute atomic E-state index is 4.97. The highest BCUT2D eigenvalue weighted by molar-refractivity contribution is 5.87. The van der Waals surface area contributed by atoms with Crippen LogP contribution in [0.3, 0.4) is 0 Å². The van der Waals surface area contributed by atoms with E-state index in [1.807, 2.05) is 6.20 Å². The lowest BCUT2D eigenvalue weighted by Gasteiger charge is -2.29. The van der Waals surface area contributed by atoms with E-state index in [1.165, 1.54) is 42.6 Å². The summed E-state index contributed by atoms with van der Waals surface area (Å²) in [4.78, 5) is 12.0. The first-order valence-electron chi connectivity index (χ1n) is 11.5. The first kappa shape index (κ1) is 20.1.